The van der Waals surface area contributed by atoms with E-state index in [0.29, 0.717) is 30.8 Å². The fraction of sp³-hybridized carbons (Fsp3) is 0.686. The van der Waals surface area contributed by atoms with Gasteiger partial charge in [-0.25, -0.2) is 8.78 Å². The van der Waals surface area contributed by atoms with Crippen molar-refractivity contribution in [2.75, 3.05) is 19.8 Å². The second-order valence-corrected chi connectivity index (χ2v) is 12.2. The van der Waals surface area contributed by atoms with E-state index < -0.39 is 23.4 Å². The molecular weight excluding hydrogens is 523 g/mol. The first-order chi connectivity index (χ1) is 20.0. The molecule has 3 nitrogen and oxygen atoms in total. The molecule has 0 aliphatic heterocycles. The Labute approximate surface area is 245 Å². The lowest BCUT2D eigenvalue weighted by Crippen LogP contribution is -2.32. The molecule has 2 aliphatic rings. The maximum atomic E-state index is 15.6. The zero-order valence-electron chi connectivity index (χ0n) is 25.1. The minimum Gasteiger partial charge on any atom is -0.478 e. The van der Waals surface area contributed by atoms with Gasteiger partial charge in [-0.2, -0.15) is 9.37 Å². The molecule has 0 spiro atoms. The molecule has 0 saturated heterocycles. The van der Waals surface area contributed by atoms with Gasteiger partial charge in [0.25, 0.3) is 5.92 Å². The Kier molecular flexibility index (Phi) is 12.8. The molecular formula is C35H50F3NO2. The number of aromatic nitrogens is 1. The van der Waals surface area contributed by atoms with Crippen molar-refractivity contribution in [2.24, 2.45) is 5.92 Å². The van der Waals surface area contributed by atoms with E-state index in [0.717, 1.165) is 51.0 Å². The van der Waals surface area contributed by atoms with Crippen LogP contribution >= 0.6 is 0 Å². The van der Waals surface area contributed by atoms with Gasteiger partial charge in [0, 0.05) is 19.3 Å². The molecule has 1 atom stereocenters. The molecule has 1 heterocycles. The molecule has 1 saturated carbocycles. The van der Waals surface area contributed by atoms with Crippen LogP contribution < -0.4 is 4.74 Å². The number of hydrogen-bond donors (Lipinski definition) is 0. The lowest BCUT2D eigenvalue weighted by atomic mass is 9.77. The Morgan fingerprint density at radius 1 is 0.829 bits per heavy atom. The average Bonchev–Trinajstić information content (AvgIpc) is 3.78. The Hall–Kier alpha value is -2.08. The molecule has 4 rings (SSSR count). The maximum absolute atomic E-state index is 15.6. The van der Waals surface area contributed by atoms with Crippen LogP contribution in [-0.2, 0) is 23.5 Å². The fourth-order valence-corrected chi connectivity index (χ4v) is 5.99. The van der Waals surface area contributed by atoms with Crippen molar-refractivity contribution in [3.8, 4) is 5.88 Å². The van der Waals surface area contributed by atoms with Crippen LogP contribution in [0.5, 0.6) is 5.88 Å². The van der Waals surface area contributed by atoms with E-state index in [1.54, 1.807) is 0 Å². The largest absolute Gasteiger partial charge is 0.478 e. The van der Waals surface area contributed by atoms with Crippen molar-refractivity contribution >= 4 is 0 Å². The molecule has 1 aromatic heterocycles. The number of ether oxygens (including phenoxy) is 2. The molecule has 41 heavy (non-hydrogen) atoms. The van der Waals surface area contributed by atoms with Crippen LogP contribution in [0.2, 0.25) is 0 Å². The van der Waals surface area contributed by atoms with E-state index in [4.69, 9.17) is 9.47 Å². The summed E-state index contributed by atoms with van der Waals surface area (Å²) in [5, 5.41) is 0. The molecule has 0 N–H and O–H groups in total. The summed E-state index contributed by atoms with van der Waals surface area (Å²) in [6.07, 6.45) is 18.7. The predicted octanol–water partition coefficient (Wildman–Crippen LogP) is 10.1. The highest BCUT2D eigenvalue weighted by Crippen LogP contribution is 2.50. The summed E-state index contributed by atoms with van der Waals surface area (Å²) in [5.41, 5.74) is 1.48. The second kappa shape index (κ2) is 16.5. The number of halogens is 3. The van der Waals surface area contributed by atoms with Crippen LogP contribution in [0.25, 0.3) is 0 Å². The van der Waals surface area contributed by atoms with Gasteiger partial charge in [0.05, 0.1) is 18.1 Å². The molecule has 6 heteroatoms. The number of aryl methyl sites for hydroxylation is 2. The van der Waals surface area contributed by atoms with Crippen molar-refractivity contribution in [2.45, 2.75) is 128 Å². The van der Waals surface area contributed by atoms with Gasteiger partial charge in [-0.3, -0.25) is 0 Å². The first kappa shape index (κ1) is 31.8. The Morgan fingerprint density at radius 3 is 2.24 bits per heavy atom. The van der Waals surface area contributed by atoms with E-state index in [1.165, 1.54) is 69.4 Å². The van der Waals surface area contributed by atoms with Gasteiger partial charge < -0.3 is 9.47 Å². The zero-order valence-corrected chi connectivity index (χ0v) is 25.1. The van der Waals surface area contributed by atoms with Gasteiger partial charge >= 0.3 is 0 Å². The molecule has 2 aromatic rings. The fourth-order valence-electron chi connectivity index (χ4n) is 5.99. The average molecular weight is 574 g/mol. The Morgan fingerprint density at radius 2 is 1.51 bits per heavy atom. The zero-order chi connectivity index (χ0) is 28.9. The lowest BCUT2D eigenvalue weighted by Gasteiger charge is -2.33. The number of fused-ring (bicyclic) bond motifs is 1. The summed E-state index contributed by atoms with van der Waals surface area (Å²) in [6, 6.07) is 9.07. The highest BCUT2D eigenvalue weighted by atomic mass is 19.3. The van der Waals surface area contributed by atoms with Gasteiger partial charge in [-0.1, -0.05) is 95.4 Å². The van der Waals surface area contributed by atoms with Crippen LogP contribution in [0.3, 0.4) is 0 Å². The highest BCUT2D eigenvalue weighted by molar-refractivity contribution is 5.40. The summed E-state index contributed by atoms with van der Waals surface area (Å²) in [5.74, 6) is -4.36. The maximum Gasteiger partial charge on any atom is 0.284 e. The molecule has 0 bridgehead atoms. The monoisotopic (exact) mass is 573 g/mol. The minimum atomic E-state index is -3.32. The van der Waals surface area contributed by atoms with E-state index in [9.17, 15) is 4.39 Å². The van der Waals surface area contributed by atoms with Crippen molar-refractivity contribution in [3.63, 3.8) is 0 Å². The molecule has 1 fully saturated rings. The number of pyridine rings is 1. The predicted molar refractivity (Wildman–Crippen MR) is 159 cm³/mol. The Bertz CT molecular complexity index is 1040. The van der Waals surface area contributed by atoms with Gasteiger partial charge in [0.2, 0.25) is 11.8 Å². The van der Waals surface area contributed by atoms with E-state index in [-0.39, 0.29) is 12.3 Å². The van der Waals surface area contributed by atoms with Gasteiger partial charge in [0.15, 0.2) is 0 Å². The number of hydrogen-bond acceptors (Lipinski definition) is 3. The van der Waals surface area contributed by atoms with E-state index in [2.05, 4.69) is 11.9 Å². The SMILES string of the molecule is CCCCOCCCCOc1cc2c(c(F)n1)C(F)(F)C(c1ccc(CCCCCCCCCC3CC3)cc1)CC2. The number of alkyl halides is 2. The third-order valence-corrected chi connectivity index (χ3v) is 8.74. The first-order valence-electron chi connectivity index (χ1n) is 16.4. The topological polar surface area (TPSA) is 31.4 Å². The summed E-state index contributed by atoms with van der Waals surface area (Å²) in [7, 11) is 0. The van der Waals surface area contributed by atoms with Crippen molar-refractivity contribution < 1.29 is 22.6 Å². The van der Waals surface area contributed by atoms with E-state index >= 15 is 8.78 Å². The van der Waals surface area contributed by atoms with Gasteiger partial charge in [0.1, 0.15) is 0 Å². The number of benzene rings is 1. The molecule has 2 aliphatic carbocycles. The number of rotatable bonds is 20. The third-order valence-electron chi connectivity index (χ3n) is 8.74. The molecule has 0 amide bonds. The van der Waals surface area contributed by atoms with Gasteiger partial charge in [-0.05, 0) is 67.6 Å². The third kappa shape index (κ3) is 10.0. The lowest BCUT2D eigenvalue weighted by molar-refractivity contribution is -0.0475. The van der Waals surface area contributed by atoms with Crippen LogP contribution in [0.15, 0.2) is 30.3 Å². The highest BCUT2D eigenvalue weighted by Gasteiger charge is 2.49. The van der Waals surface area contributed by atoms with Crippen molar-refractivity contribution in [1.29, 1.82) is 0 Å². The minimum absolute atomic E-state index is 0.0836. The molecule has 1 aromatic carbocycles. The summed E-state index contributed by atoms with van der Waals surface area (Å²) < 4.78 is 57.3. The summed E-state index contributed by atoms with van der Waals surface area (Å²) >= 11 is 0. The van der Waals surface area contributed by atoms with Crippen LogP contribution in [0.4, 0.5) is 13.2 Å². The smallest absolute Gasteiger partial charge is 0.284 e. The second-order valence-electron chi connectivity index (χ2n) is 12.2. The number of unbranched alkanes of at least 4 members (excludes halogenated alkanes) is 8. The van der Waals surface area contributed by atoms with Gasteiger partial charge in [-0.15, -0.1) is 0 Å². The van der Waals surface area contributed by atoms with Crippen LogP contribution in [0.1, 0.15) is 131 Å². The molecule has 1 unspecified atom stereocenters. The van der Waals surface area contributed by atoms with Crippen molar-refractivity contribution in [1.82, 2.24) is 4.98 Å². The molecule has 0 radical (unpaired) electrons. The summed E-state index contributed by atoms with van der Waals surface area (Å²) in [6.45, 7) is 3.89. The van der Waals surface area contributed by atoms with E-state index in [1.807, 2.05) is 24.3 Å². The van der Waals surface area contributed by atoms with Crippen molar-refractivity contribution in [3.05, 3.63) is 58.5 Å². The Balaban J connectivity index is 1.20. The summed E-state index contributed by atoms with van der Waals surface area (Å²) in [4.78, 5) is 3.76. The number of nitrogens with zero attached hydrogens (tertiary/aromatic N) is 1. The first-order valence-corrected chi connectivity index (χ1v) is 16.4. The van der Waals surface area contributed by atoms with Crippen LogP contribution in [0, 0.1) is 11.9 Å². The standard InChI is InChI=1S/C35H50F3NO2/c1-2-3-23-40-24-11-12-25-41-32-26-30-21-22-31(35(37,38)33(30)34(36)39-32)29-19-17-28(18-20-29)14-10-8-6-4-5-7-9-13-27-15-16-27/h17-20,26-27,31H,2-16,21-25H2,1H3. The quantitative estimate of drug-likeness (QED) is 0.117. The normalized spacial score (nSPS) is 17.9. The van der Waals surface area contributed by atoms with Crippen LogP contribution in [-0.4, -0.2) is 24.8 Å². The molecule has 228 valence electrons.